The van der Waals surface area contributed by atoms with Crippen molar-refractivity contribution in [1.29, 1.82) is 0 Å². The summed E-state index contributed by atoms with van der Waals surface area (Å²) in [5.74, 6) is 0. The van der Waals surface area contributed by atoms with Gasteiger partial charge < -0.3 is 5.11 Å². The predicted molar refractivity (Wildman–Crippen MR) is 50.0 cm³/mol. The van der Waals surface area contributed by atoms with Gasteiger partial charge in [-0.15, -0.1) is 0 Å². The van der Waals surface area contributed by atoms with E-state index in [0.29, 0.717) is 0 Å². The summed E-state index contributed by atoms with van der Waals surface area (Å²) in [6.45, 7) is 0. The maximum atomic E-state index is 10.2. The number of allylic oxidation sites excluding steroid dienone is 1. The molecule has 0 aliphatic heterocycles. The lowest BCUT2D eigenvalue weighted by atomic mass is 9.77. The highest BCUT2D eigenvalue weighted by molar-refractivity contribution is 5.11. The fourth-order valence-electron chi connectivity index (χ4n) is 2.54. The minimum absolute atomic E-state index is 0.315. The molecule has 0 aromatic carbocycles. The Bertz CT molecular complexity index is 195. The predicted octanol–water partition coefficient (Wildman–Crippen LogP) is 2.79. The lowest BCUT2D eigenvalue weighted by molar-refractivity contribution is 0.00781. The van der Waals surface area contributed by atoms with E-state index in [9.17, 15) is 5.11 Å². The van der Waals surface area contributed by atoms with E-state index in [4.69, 9.17) is 0 Å². The van der Waals surface area contributed by atoms with Gasteiger partial charge in [-0.1, -0.05) is 18.1 Å². The summed E-state index contributed by atoms with van der Waals surface area (Å²) >= 11 is 0. The number of rotatable bonds is 0. The molecule has 0 aromatic rings. The Labute approximate surface area is 74.5 Å². The molecule has 2 aliphatic rings. The van der Waals surface area contributed by atoms with Gasteiger partial charge in [-0.25, -0.2) is 0 Å². The first-order valence-electron chi connectivity index (χ1n) is 5.19. The van der Waals surface area contributed by atoms with Crippen LogP contribution in [-0.2, 0) is 0 Å². The van der Waals surface area contributed by atoms with Crippen LogP contribution < -0.4 is 0 Å². The first kappa shape index (κ1) is 8.31. The SMILES string of the molecule is O[C@]12CCCC/C=C(/CCC1)C2. The average molecular weight is 166 g/mol. The van der Waals surface area contributed by atoms with Crippen molar-refractivity contribution in [2.45, 2.75) is 57.0 Å². The molecule has 2 rings (SSSR count). The summed E-state index contributed by atoms with van der Waals surface area (Å²) in [4.78, 5) is 0. The van der Waals surface area contributed by atoms with Gasteiger partial charge in [0.05, 0.1) is 5.60 Å². The van der Waals surface area contributed by atoms with Crippen LogP contribution >= 0.6 is 0 Å². The molecule has 1 nitrogen and oxygen atoms in total. The highest BCUT2D eigenvalue weighted by Gasteiger charge is 2.31. The molecule has 0 radical (unpaired) electrons. The lowest BCUT2D eigenvalue weighted by Crippen LogP contribution is -2.32. The van der Waals surface area contributed by atoms with E-state index in [2.05, 4.69) is 6.08 Å². The van der Waals surface area contributed by atoms with E-state index in [1.165, 1.54) is 37.7 Å². The zero-order valence-corrected chi connectivity index (χ0v) is 7.68. The van der Waals surface area contributed by atoms with Gasteiger partial charge in [0.25, 0.3) is 0 Å². The number of hydrogen-bond acceptors (Lipinski definition) is 1. The summed E-state index contributed by atoms with van der Waals surface area (Å²) in [6, 6.07) is 0. The molecule has 12 heavy (non-hydrogen) atoms. The van der Waals surface area contributed by atoms with Crippen molar-refractivity contribution in [3.05, 3.63) is 11.6 Å². The molecule has 1 heteroatoms. The van der Waals surface area contributed by atoms with Gasteiger partial charge in [-0.3, -0.25) is 0 Å². The normalized spacial score (nSPS) is 40.9. The Morgan fingerprint density at radius 3 is 2.92 bits per heavy atom. The molecule has 0 unspecified atom stereocenters. The third-order valence-electron chi connectivity index (χ3n) is 3.23. The molecule has 1 atom stereocenters. The average Bonchev–Trinajstić information content (AvgIpc) is 2.02. The van der Waals surface area contributed by atoms with Crippen molar-refractivity contribution in [2.75, 3.05) is 0 Å². The van der Waals surface area contributed by atoms with Gasteiger partial charge in [0.15, 0.2) is 0 Å². The van der Waals surface area contributed by atoms with Crippen LogP contribution in [0.2, 0.25) is 0 Å². The molecule has 0 heterocycles. The van der Waals surface area contributed by atoms with Gasteiger partial charge in [0.2, 0.25) is 0 Å². The number of fused-ring (bicyclic) bond motifs is 2. The third kappa shape index (κ3) is 1.71. The molecular formula is C11H18O. The van der Waals surface area contributed by atoms with E-state index in [0.717, 1.165) is 19.3 Å². The van der Waals surface area contributed by atoms with Crippen LogP contribution in [0.1, 0.15) is 51.4 Å². The van der Waals surface area contributed by atoms with Crippen molar-refractivity contribution < 1.29 is 5.11 Å². The topological polar surface area (TPSA) is 20.2 Å². The van der Waals surface area contributed by atoms with Crippen LogP contribution in [0.5, 0.6) is 0 Å². The van der Waals surface area contributed by atoms with Gasteiger partial charge >= 0.3 is 0 Å². The van der Waals surface area contributed by atoms with Crippen molar-refractivity contribution in [1.82, 2.24) is 0 Å². The fraction of sp³-hybridized carbons (Fsp3) is 0.818. The fourth-order valence-corrected chi connectivity index (χ4v) is 2.54. The van der Waals surface area contributed by atoms with Crippen LogP contribution in [0.4, 0.5) is 0 Å². The van der Waals surface area contributed by atoms with E-state index in [-0.39, 0.29) is 5.60 Å². The molecular weight excluding hydrogens is 148 g/mol. The Balaban J connectivity index is 2.14. The molecule has 1 saturated carbocycles. The first-order chi connectivity index (χ1) is 5.79. The Morgan fingerprint density at radius 1 is 1.17 bits per heavy atom. The van der Waals surface area contributed by atoms with Gasteiger partial charge in [-0.05, 0) is 44.9 Å². The zero-order valence-electron chi connectivity index (χ0n) is 7.68. The van der Waals surface area contributed by atoms with E-state index >= 15 is 0 Å². The Hall–Kier alpha value is -0.300. The molecule has 2 bridgehead atoms. The molecule has 0 aromatic heterocycles. The van der Waals surface area contributed by atoms with Crippen LogP contribution in [-0.4, -0.2) is 10.7 Å². The monoisotopic (exact) mass is 166 g/mol. The second-order valence-electron chi connectivity index (χ2n) is 4.36. The first-order valence-corrected chi connectivity index (χ1v) is 5.19. The number of aliphatic hydroxyl groups is 1. The largest absolute Gasteiger partial charge is 0.390 e. The highest BCUT2D eigenvalue weighted by atomic mass is 16.3. The maximum absolute atomic E-state index is 10.2. The van der Waals surface area contributed by atoms with Crippen LogP contribution in [0, 0.1) is 0 Å². The molecule has 0 saturated heterocycles. The van der Waals surface area contributed by atoms with Gasteiger partial charge in [-0.2, -0.15) is 0 Å². The Morgan fingerprint density at radius 2 is 2.00 bits per heavy atom. The minimum atomic E-state index is -0.315. The van der Waals surface area contributed by atoms with Crippen molar-refractivity contribution in [2.24, 2.45) is 0 Å². The molecule has 68 valence electrons. The van der Waals surface area contributed by atoms with Crippen LogP contribution in [0.15, 0.2) is 11.6 Å². The summed E-state index contributed by atoms with van der Waals surface area (Å²) in [5, 5.41) is 10.2. The van der Waals surface area contributed by atoms with Crippen molar-refractivity contribution in [3.63, 3.8) is 0 Å². The summed E-state index contributed by atoms with van der Waals surface area (Å²) in [5.41, 5.74) is 1.20. The molecule has 0 spiro atoms. The Kier molecular flexibility index (Phi) is 2.22. The molecule has 1 N–H and O–H groups in total. The summed E-state index contributed by atoms with van der Waals surface area (Å²) in [6.07, 6.45) is 11.5. The minimum Gasteiger partial charge on any atom is -0.390 e. The highest BCUT2D eigenvalue weighted by Crippen LogP contribution is 2.37. The van der Waals surface area contributed by atoms with Gasteiger partial charge in [0, 0.05) is 0 Å². The molecule has 1 fully saturated rings. The van der Waals surface area contributed by atoms with Crippen molar-refractivity contribution >= 4 is 0 Å². The second-order valence-corrected chi connectivity index (χ2v) is 4.36. The van der Waals surface area contributed by atoms with Gasteiger partial charge in [0.1, 0.15) is 0 Å². The summed E-state index contributed by atoms with van der Waals surface area (Å²) < 4.78 is 0. The molecule has 2 aliphatic carbocycles. The van der Waals surface area contributed by atoms with E-state index < -0.39 is 0 Å². The third-order valence-corrected chi connectivity index (χ3v) is 3.23. The second kappa shape index (κ2) is 3.21. The maximum Gasteiger partial charge on any atom is 0.0684 e. The lowest BCUT2D eigenvalue weighted by Gasteiger charge is -2.35. The smallest absolute Gasteiger partial charge is 0.0684 e. The quantitative estimate of drug-likeness (QED) is 0.549. The van der Waals surface area contributed by atoms with Crippen LogP contribution in [0.3, 0.4) is 0 Å². The number of hydrogen-bond donors (Lipinski definition) is 1. The summed E-state index contributed by atoms with van der Waals surface area (Å²) in [7, 11) is 0. The van der Waals surface area contributed by atoms with E-state index in [1.54, 1.807) is 0 Å². The zero-order chi connectivity index (χ0) is 8.44. The van der Waals surface area contributed by atoms with Crippen LogP contribution in [0.25, 0.3) is 0 Å². The van der Waals surface area contributed by atoms with E-state index in [1.807, 2.05) is 0 Å². The molecule has 0 amide bonds. The standard InChI is InChI=1S/C11H18O/c12-11-7-3-1-2-5-10(9-11)6-4-8-11/h5,12H,1-4,6-9H2/b10-5-/t11-/m1/s1. The van der Waals surface area contributed by atoms with Crippen molar-refractivity contribution in [3.8, 4) is 0 Å².